The third-order valence-electron chi connectivity index (χ3n) is 9.80. The van der Waals surface area contributed by atoms with Crippen molar-refractivity contribution >= 4 is 49.2 Å². The molecule has 6 heteroatoms. The molecule has 0 saturated heterocycles. The summed E-state index contributed by atoms with van der Waals surface area (Å²) in [6, 6.07) is 17.3. The Morgan fingerprint density at radius 1 is 0.611 bits per heavy atom. The molecule has 0 aliphatic heterocycles. The second-order valence-corrected chi connectivity index (χ2v) is 17.0. The van der Waals surface area contributed by atoms with E-state index in [4.69, 9.17) is 0 Å². The molecule has 0 radical (unpaired) electrons. The van der Waals surface area contributed by atoms with Crippen molar-refractivity contribution in [1.29, 1.82) is 0 Å². The highest BCUT2D eigenvalue weighted by Gasteiger charge is 2.20. The molecule has 0 N–H and O–H groups in total. The summed E-state index contributed by atoms with van der Waals surface area (Å²) in [6.45, 7) is 34.8. The van der Waals surface area contributed by atoms with E-state index < -0.39 is 0 Å². The maximum Gasteiger partial charge on any atom is 0.198 e. The Kier molecular flexibility index (Phi) is 16.1. The third-order valence-corrected chi connectivity index (χ3v) is 12.3. The van der Waals surface area contributed by atoms with Gasteiger partial charge in [-0.2, -0.15) is 0 Å². The van der Waals surface area contributed by atoms with Crippen molar-refractivity contribution in [2.45, 2.75) is 130 Å². The molecule has 0 unspecified atom stereocenters. The van der Waals surface area contributed by atoms with Gasteiger partial charge in [-0.1, -0.05) is 113 Å². The van der Waals surface area contributed by atoms with E-state index in [0.29, 0.717) is 5.92 Å². The summed E-state index contributed by atoms with van der Waals surface area (Å²) in [5, 5.41) is 1.81. The van der Waals surface area contributed by atoms with Gasteiger partial charge in [-0.25, -0.2) is 0 Å². The first kappa shape index (κ1) is 44.4. The van der Waals surface area contributed by atoms with Crippen LogP contribution in [-0.4, -0.2) is 9.13 Å². The van der Waals surface area contributed by atoms with Crippen molar-refractivity contribution in [3.63, 3.8) is 0 Å². The number of rotatable bonds is 7. The first-order valence-electron chi connectivity index (χ1n) is 19.6. The summed E-state index contributed by atoms with van der Waals surface area (Å²) in [7, 11) is 0. The van der Waals surface area contributed by atoms with E-state index in [2.05, 4.69) is 127 Å². The van der Waals surface area contributed by atoms with Crippen LogP contribution >= 0.6 is 22.7 Å². The van der Waals surface area contributed by atoms with Gasteiger partial charge in [-0.3, -0.25) is 9.59 Å². The molecule has 6 aromatic rings. The molecule has 0 aliphatic rings. The van der Waals surface area contributed by atoms with Crippen molar-refractivity contribution < 1.29 is 0 Å². The van der Waals surface area contributed by atoms with Crippen LogP contribution in [-0.2, 0) is 19.5 Å². The van der Waals surface area contributed by atoms with Gasteiger partial charge in [0.1, 0.15) is 9.66 Å². The van der Waals surface area contributed by atoms with Gasteiger partial charge in [-0.05, 0) is 104 Å². The summed E-state index contributed by atoms with van der Waals surface area (Å²) >= 11 is 3.47. The number of allylic oxidation sites excluding steroid dienone is 1. The molecule has 0 amide bonds. The molecule has 2 aromatic carbocycles. The van der Waals surface area contributed by atoms with Gasteiger partial charge in [0.05, 0.1) is 10.8 Å². The first-order chi connectivity index (χ1) is 25.6. The van der Waals surface area contributed by atoms with Gasteiger partial charge in [0.2, 0.25) is 0 Å². The second-order valence-electron chi connectivity index (χ2n) is 14.6. The Balaban J connectivity index is 0.000000266. The zero-order valence-corrected chi connectivity index (χ0v) is 37.6. The maximum absolute atomic E-state index is 13.2. The van der Waals surface area contributed by atoms with Crippen LogP contribution in [0.3, 0.4) is 0 Å². The standard InChI is InChI=1S/C22H27NOS.C22H25NOS.2C2H6/c2*1-13(2)11-19-16(5)23(12-18-9-7-14(3)8-10-18)22-20(21(19)24)15(4)17(6)25-22;2*1-2/h7-10,13H,11-12H2,1-6H3;7-11H,12H2,1-6H3;2*1-2H3. The van der Waals surface area contributed by atoms with E-state index in [9.17, 15) is 9.59 Å². The number of nitrogens with zero attached hydrogens (tertiary/aromatic N) is 2. The van der Waals surface area contributed by atoms with Crippen LogP contribution in [0.15, 0.2) is 63.7 Å². The predicted octanol–water partition coefficient (Wildman–Crippen LogP) is 13.4. The van der Waals surface area contributed by atoms with Gasteiger partial charge in [0.25, 0.3) is 0 Å². The number of hydrogen-bond donors (Lipinski definition) is 0. The summed E-state index contributed by atoms with van der Waals surface area (Å²) in [5.74, 6) is 0.469. The molecule has 4 aromatic heterocycles. The normalized spacial score (nSPS) is 10.8. The molecule has 0 saturated carbocycles. The first-order valence-corrected chi connectivity index (χ1v) is 21.2. The van der Waals surface area contributed by atoms with E-state index >= 15 is 0 Å². The van der Waals surface area contributed by atoms with Crippen molar-refractivity contribution in [2.75, 3.05) is 0 Å². The Labute approximate surface area is 333 Å². The molecule has 4 nitrogen and oxygen atoms in total. The second kappa shape index (κ2) is 19.5. The molecule has 290 valence electrons. The van der Waals surface area contributed by atoms with Crippen LogP contribution in [0.1, 0.15) is 121 Å². The lowest BCUT2D eigenvalue weighted by atomic mass is 9.99. The van der Waals surface area contributed by atoms with Crippen LogP contribution in [0.4, 0.5) is 0 Å². The van der Waals surface area contributed by atoms with E-state index in [1.54, 1.807) is 22.7 Å². The van der Waals surface area contributed by atoms with Crippen LogP contribution in [0.2, 0.25) is 0 Å². The Morgan fingerprint density at radius 3 is 1.39 bits per heavy atom. The van der Waals surface area contributed by atoms with Crippen LogP contribution < -0.4 is 10.9 Å². The van der Waals surface area contributed by atoms with Gasteiger partial charge >= 0.3 is 0 Å². The fourth-order valence-corrected chi connectivity index (χ4v) is 9.01. The van der Waals surface area contributed by atoms with Crippen LogP contribution in [0.25, 0.3) is 26.5 Å². The van der Waals surface area contributed by atoms with E-state index in [1.807, 2.05) is 47.6 Å². The summed E-state index contributed by atoms with van der Waals surface area (Å²) < 4.78 is 4.66. The van der Waals surface area contributed by atoms with Gasteiger partial charge in [0.15, 0.2) is 10.9 Å². The monoisotopic (exact) mass is 764 g/mol. The smallest absolute Gasteiger partial charge is 0.198 e. The number of fused-ring (bicyclic) bond motifs is 2. The van der Waals surface area contributed by atoms with Crippen molar-refractivity contribution in [3.05, 3.63) is 140 Å². The summed E-state index contributed by atoms with van der Waals surface area (Å²) in [5.41, 5.74) is 12.8. The number of hydrogen-bond acceptors (Lipinski definition) is 4. The largest absolute Gasteiger partial charge is 0.332 e. The zero-order chi connectivity index (χ0) is 40.6. The average molecular weight is 765 g/mol. The molecular formula is C48H64N2O2S2. The minimum absolute atomic E-state index is 0.163. The Bertz CT molecular complexity index is 2340. The quantitative estimate of drug-likeness (QED) is 0.162. The fraction of sp³-hybridized carbons (Fsp3) is 0.417. The highest BCUT2D eigenvalue weighted by Crippen LogP contribution is 2.32. The SMILES string of the molecule is CC.CC.CC(C)=Cc1c(C)n(Cc2ccc(C)cc2)c2sc(C)c(C)c2c1=O.Cc1ccc(Cn2c(C)c(CC(C)C)c(=O)c3c(C)c(C)sc32)cc1. The Hall–Kier alpha value is -4.00. The lowest BCUT2D eigenvalue weighted by Gasteiger charge is -2.18. The molecule has 0 bridgehead atoms. The fourth-order valence-electron chi connectivity index (χ4n) is 6.60. The van der Waals surface area contributed by atoms with Crippen molar-refractivity contribution in [2.24, 2.45) is 5.92 Å². The van der Waals surface area contributed by atoms with Crippen molar-refractivity contribution in [1.82, 2.24) is 9.13 Å². The van der Waals surface area contributed by atoms with E-state index in [1.165, 1.54) is 32.0 Å². The maximum atomic E-state index is 13.2. The van der Waals surface area contributed by atoms with Gasteiger partial charge in [-0.15, -0.1) is 22.7 Å². The number of pyridine rings is 2. The van der Waals surface area contributed by atoms with E-state index in [0.717, 1.165) is 79.2 Å². The molecule has 6 rings (SSSR count). The number of benzene rings is 2. The minimum atomic E-state index is 0.163. The molecule has 0 spiro atoms. The third kappa shape index (κ3) is 9.80. The molecule has 0 atom stereocenters. The Morgan fingerprint density at radius 2 is 1.00 bits per heavy atom. The van der Waals surface area contributed by atoms with Gasteiger partial charge < -0.3 is 9.13 Å². The molecule has 54 heavy (non-hydrogen) atoms. The van der Waals surface area contributed by atoms with Crippen LogP contribution in [0, 0.1) is 61.3 Å². The lowest BCUT2D eigenvalue weighted by Crippen LogP contribution is -2.20. The zero-order valence-electron chi connectivity index (χ0n) is 35.9. The van der Waals surface area contributed by atoms with Crippen LogP contribution in [0.5, 0.6) is 0 Å². The van der Waals surface area contributed by atoms with Crippen molar-refractivity contribution in [3.8, 4) is 0 Å². The number of aryl methyl sites for hydroxylation is 6. The topological polar surface area (TPSA) is 44.0 Å². The molecular weight excluding hydrogens is 701 g/mol. The molecule has 0 fully saturated rings. The minimum Gasteiger partial charge on any atom is -0.332 e. The number of aromatic nitrogens is 2. The predicted molar refractivity (Wildman–Crippen MR) is 242 cm³/mol. The van der Waals surface area contributed by atoms with E-state index in [-0.39, 0.29) is 10.9 Å². The number of thiophene rings is 2. The summed E-state index contributed by atoms with van der Waals surface area (Å²) in [6.07, 6.45) is 2.86. The summed E-state index contributed by atoms with van der Waals surface area (Å²) in [4.78, 5) is 30.9. The van der Waals surface area contributed by atoms with Gasteiger partial charge in [0, 0.05) is 45.4 Å². The highest BCUT2D eigenvalue weighted by molar-refractivity contribution is 7.19. The highest BCUT2D eigenvalue weighted by atomic mass is 32.1. The molecule has 4 heterocycles. The lowest BCUT2D eigenvalue weighted by molar-refractivity contribution is 0.633. The average Bonchev–Trinajstić information content (AvgIpc) is 3.61. The molecule has 0 aliphatic carbocycles.